The molecule has 1 rings (SSSR count). The highest BCUT2D eigenvalue weighted by molar-refractivity contribution is 5.78. The second kappa shape index (κ2) is 5.95. The van der Waals surface area contributed by atoms with Gasteiger partial charge in [0, 0.05) is 24.7 Å². The van der Waals surface area contributed by atoms with E-state index in [0.717, 1.165) is 5.56 Å². The van der Waals surface area contributed by atoms with Crippen LogP contribution in [0.25, 0.3) is 0 Å². The first-order valence-electron chi connectivity index (χ1n) is 5.25. The van der Waals surface area contributed by atoms with Crippen LogP contribution >= 0.6 is 0 Å². The number of amides is 1. The second-order valence-electron chi connectivity index (χ2n) is 3.80. The lowest BCUT2D eigenvalue weighted by Crippen LogP contribution is -2.38. The number of nitro benzene ring substituents is 1. The third-order valence-corrected chi connectivity index (χ3v) is 2.27. The van der Waals surface area contributed by atoms with Crippen molar-refractivity contribution in [3.05, 3.63) is 39.9 Å². The van der Waals surface area contributed by atoms with Crippen molar-refractivity contribution in [1.29, 1.82) is 0 Å². The average Bonchev–Trinajstić information content (AvgIpc) is 2.29. The maximum Gasteiger partial charge on any atom is 0.269 e. The molecule has 0 saturated heterocycles. The minimum atomic E-state index is -0.472. The van der Waals surface area contributed by atoms with Crippen molar-refractivity contribution in [1.82, 2.24) is 5.32 Å². The van der Waals surface area contributed by atoms with E-state index in [-0.39, 0.29) is 24.1 Å². The number of hydrogen-bond acceptors (Lipinski definition) is 4. The Morgan fingerprint density at radius 2 is 2.06 bits per heavy atom. The summed E-state index contributed by atoms with van der Waals surface area (Å²) in [4.78, 5) is 21.5. The van der Waals surface area contributed by atoms with Gasteiger partial charge in [-0.15, -0.1) is 0 Å². The number of carbonyl (C=O) groups is 1. The number of non-ortho nitro benzene ring substituents is 1. The fraction of sp³-hybridized carbons (Fsp3) is 0.364. The molecule has 0 saturated carbocycles. The standard InChI is InChI=1S/C11H15N3O3/c1-8(7-12)13-11(15)6-9-2-4-10(5-3-9)14(16)17/h2-5,8H,6-7,12H2,1H3,(H,13,15)/t8-/m1/s1. The highest BCUT2D eigenvalue weighted by Crippen LogP contribution is 2.12. The zero-order valence-electron chi connectivity index (χ0n) is 9.55. The van der Waals surface area contributed by atoms with E-state index in [1.54, 1.807) is 12.1 Å². The van der Waals surface area contributed by atoms with Gasteiger partial charge in [-0.2, -0.15) is 0 Å². The van der Waals surface area contributed by atoms with Gasteiger partial charge < -0.3 is 11.1 Å². The number of carbonyl (C=O) groups excluding carboxylic acids is 1. The number of rotatable bonds is 5. The van der Waals surface area contributed by atoms with Gasteiger partial charge >= 0.3 is 0 Å². The van der Waals surface area contributed by atoms with Crippen molar-refractivity contribution in [2.75, 3.05) is 6.54 Å². The summed E-state index contributed by atoms with van der Waals surface area (Å²) >= 11 is 0. The van der Waals surface area contributed by atoms with Crippen LogP contribution < -0.4 is 11.1 Å². The van der Waals surface area contributed by atoms with Crippen LogP contribution in [0.5, 0.6) is 0 Å². The van der Waals surface area contributed by atoms with Gasteiger partial charge in [0.2, 0.25) is 5.91 Å². The van der Waals surface area contributed by atoms with Crippen LogP contribution in [0.15, 0.2) is 24.3 Å². The summed E-state index contributed by atoms with van der Waals surface area (Å²) in [5.74, 6) is -0.142. The zero-order chi connectivity index (χ0) is 12.8. The third-order valence-electron chi connectivity index (χ3n) is 2.27. The van der Waals surface area contributed by atoms with Crippen molar-refractivity contribution in [2.45, 2.75) is 19.4 Å². The van der Waals surface area contributed by atoms with Crippen molar-refractivity contribution >= 4 is 11.6 Å². The van der Waals surface area contributed by atoms with Crippen LogP contribution in [-0.4, -0.2) is 23.4 Å². The molecule has 0 aliphatic heterocycles. The smallest absolute Gasteiger partial charge is 0.269 e. The number of nitrogens with one attached hydrogen (secondary N) is 1. The first-order chi connectivity index (χ1) is 8.02. The van der Waals surface area contributed by atoms with Crippen LogP contribution in [0.4, 0.5) is 5.69 Å². The number of hydrogen-bond donors (Lipinski definition) is 2. The molecule has 0 heterocycles. The van der Waals surface area contributed by atoms with Crippen LogP contribution in [0.2, 0.25) is 0 Å². The van der Waals surface area contributed by atoms with E-state index in [9.17, 15) is 14.9 Å². The molecule has 0 fully saturated rings. The summed E-state index contributed by atoms with van der Waals surface area (Å²) in [6, 6.07) is 5.85. The second-order valence-corrected chi connectivity index (χ2v) is 3.80. The lowest BCUT2D eigenvalue weighted by molar-refractivity contribution is -0.384. The Kier molecular flexibility index (Phi) is 4.59. The molecule has 92 valence electrons. The monoisotopic (exact) mass is 237 g/mol. The molecule has 1 amide bonds. The van der Waals surface area contributed by atoms with Gasteiger partial charge in [-0.05, 0) is 12.5 Å². The van der Waals surface area contributed by atoms with Crippen molar-refractivity contribution in [2.24, 2.45) is 5.73 Å². The van der Waals surface area contributed by atoms with Gasteiger partial charge in [0.15, 0.2) is 0 Å². The first kappa shape index (κ1) is 13.1. The zero-order valence-corrected chi connectivity index (χ0v) is 9.55. The van der Waals surface area contributed by atoms with Crippen molar-refractivity contribution in [3.63, 3.8) is 0 Å². The molecule has 0 aliphatic carbocycles. The first-order valence-corrected chi connectivity index (χ1v) is 5.25. The fourth-order valence-electron chi connectivity index (χ4n) is 1.31. The molecule has 6 heteroatoms. The van der Waals surface area contributed by atoms with E-state index in [1.165, 1.54) is 12.1 Å². The molecule has 3 N–H and O–H groups in total. The Balaban J connectivity index is 2.57. The largest absolute Gasteiger partial charge is 0.352 e. The highest BCUT2D eigenvalue weighted by Gasteiger charge is 2.08. The predicted octanol–water partition coefficient (Wildman–Crippen LogP) is 0.601. The van der Waals surface area contributed by atoms with Crippen LogP contribution in [-0.2, 0) is 11.2 Å². The number of benzene rings is 1. The Labute approximate surface area is 99.0 Å². The lowest BCUT2D eigenvalue weighted by Gasteiger charge is -2.10. The molecule has 1 atom stereocenters. The number of nitrogens with two attached hydrogens (primary N) is 1. The van der Waals surface area contributed by atoms with Gasteiger partial charge in [-0.3, -0.25) is 14.9 Å². The molecule has 0 aliphatic rings. The summed E-state index contributed by atoms with van der Waals surface area (Å²) in [6.07, 6.45) is 0.197. The molecule has 0 radical (unpaired) electrons. The normalized spacial score (nSPS) is 11.9. The molecule has 6 nitrogen and oxygen atoms in total. The fourth-order valence-corrected chi connectivity index (χ4v) is 1.31. The van der Waals surface area contributed by atoms with E-state index < -0.39 is 4.92 Å². The lowest BCUT2D eigenvalue weighted by atomic mass is 10.1. The van der Waals surface area contributed by atoms with Crippen LogP contribution in [0.1, 0.15) is 12.5 Å². The van der Waals surface area contributed by atoms with E-state index >= 15 is 0 Å². The van der Waals surface area contributed by atoms with E-state index in [2.05, 4.69) is 5.32 Å². The molecule has 17 heavy (non-hydrogen) atoms. The summed E-state index contributed by atoms with van der Waals surface area (Å²) < 4.78 is 0. The minimum Gasteiger partial charge on any atom is -0.352 e. The van der Waals surface area contributed by atoms with Gasteiger partial charge in [-0.25, -0.2) is 0 Å². The maximum absolute atomic E-state index is 11.5. The summed E-state index contributed by atoms with van der Waals surface area (Å²) in [7, 11) is 0. The number of nitro groups is 1. The molecule has 0 spiro atoms. The van der Waals surface area contributed by atoms with Gasteiger partial charge in [-0.1, -0.05) is 12.1 Å². The quantitative estimate of drug-likeness (QED) is 0.578. The Bertz CT molecular complexity index is 403. The molecule has 0 bridgehead atoms. The van der Waals surface area contributed by atoms with Gasteiger partial charge in [0.05, 0.1) is 11.3 Å². The third kappa shape index (κ3) is 4.20. The molecular formula is C11H15N3O3. The maximum atomic E-state index is 11.5. The van der Waals surface area contributed by atoms with Crippen LogP contribution in [0.3, 0.4) is 0 Å². The van der Waals surface area contributed by atoms with Crippen LogP contribution in [0, 0.1) is 10.1 Å². The van der Waals surface area contributed by atoms with Crippen molar-refractivity contribution < 1.29 is 9.72 Å². The SMILES string of the molecule is C[C@H](CN)NC(=O)Cc1ccc([N+](=O)[O-])cc1. The molecule has 1 aromatic carbocycles. The molecule has 1 aromatic rings. The summed E-state index contributed by atoms with van der Waals surface area (Å²) in [6.45, 7) is 2.19. The van der Waals surface area contributed by atoms with E-state index in [1.807, 2.05) is 6.92 Å². The predicted molar refractivity (Wildman–Crippen MR) is 63.5 cm³/mol. The topological polar surface area (TPSA) is 98.3 Å². The Morgan fingerprint density at radius 1 is 1.47 bits per heavy atom. The summed E-state index contributed by atoms with van der Waals surface area (Å²) in [5, 5.41) is 13.1. The van der Waals surface area contributed by atoms with E-state index in [0.29, 0.717) is 6.54 Å². The average molecular weight is 237 g/mol. The number of nitrogens with zero attached hydrogens (tertiary/aromatic N) is 1. The van der Waals surface area contributed by atoms with Crippen molar-refractivity contribution in [3.8, 4) is 0 Å². The Morgan fingerprint density at radius 3 is 2.53 bits per heavy atom. The molecule has 0 aromatic heterocycles. The highest BCUT2D eigenvalue weighted by atomic mass is 16.6. The molecular weight excluding hydrogens is 222 g/mol. The Hall–Kier alpha value is -1.95. The van der Waals surface area contributed by atoms with Gasteiger partial charge in [0.25, 0.3) is 5.69 Å². The van der Waals surface area contributed by atoms with E-state index in [4.69, 9.17) is 5.73 Å². The summed E-state index contributed by atoms with van der Waals surface area (Å²) in [5.41, 5.74) is 6.13. The minimum absolute atomic E-state index is 0.0180. The van der Waals surface area contributed by atoms with Gasteiger partial charge in [0.1, 0.15) is 0 Å². The molecule has 0 unspecified atom stereocenters.